The Morgan fingerprint density at radius 2 is 1.86 bits per heavy atom. The number of thiol groups is 1. The summed E-state index contributed by atoms with van der Waals surface area (Å²) in [5.74, 6) is 0. The van der Waals surface area contributed by atoms with Crippen molar-refractivity contribution in [2.24, 2.45) is 0 Å². The van der Waals surface area contributed by atoms with Gasteiger partial charge in [-0.3, -0.25) is 0 Å². The molecular formula is C11H14S3. The number of hydrogen-bond acceptors (Lipinski definition) is 2. The molecule has 1 aromatic carbocycles. The zero-order valence-electron chi connectivity index (χ0n) is 8.57. The second-order valence-electron chi connectivity index (χ2n) is 4.11. The van der Waals surface area contributed by atoms with Gasteiger partial charge in [0.15, 0.2) is 0 Å². The summed E-state index contributed by atoms with van der Waals surface area (Å²) in [5, 5.41) is 0. The third-order valence-electron chi connectivity index (χ3n) is 1.89. The van der Waals surface area contributed by atoms with Crippen molar-refractivity contribution < 1.29 is 0 Å². The zero-order valence-corrected chi connectivity index (χ0v) is 11.1. The second kappa shape index (κ2) is 4.69. The monoisotopic (exact) mass is 242 g/mol. The lowest BCUT2D eigenvalue weighted by molar-refractivity contribution is 0.578. The van der Waals surface area contributed by atoms with E-state index >= 15 is 0 Å². The Bertz CT molecular complexity index is 337. The van der Waals surface area contributed by atoms with Crippen LogP contribution in [0.15, 0.2) is 29.2 Å². The fourth-order valence-corrected chi connectivity index (χ4v) is 2.65. The summed E-state index contributed by atoms with van der Waals surface area (Å²) in [4.78, 5) is 1.21. The highest BCUT2D eigenvalue weighted by molar-refractivity contribution is 8.41. The molecule has 1 aromatic rings. The number of hydrogen-bond donors (Lipinski definition) is 1. The molecule has 1 rings (SSSR count). The first-order chi connectivity index (χ1) is 6.41. The Balaban J connectivity index is 3.10. The van der Waals surface area contributed by atoms with Crippen LogP contribution in [0, 0.1) is 0 Å². The fourth-order valence-electron chi connectivity index (χ4n) is 1.27. The highest BCUT2D eigenvalue weighted by atomic mass is 32.2. The lowest BCUT2D eigenvalue weighted by Crippen LogP contribution is -2.12. The maximum Gasteiger partial charge on any atom is 0.105 e. The smallest absolute Gasteiger partial charge is 0.105 e. The summed E-state index contributed by atoms with van der Waals surface area (Å²) in [6, 6.07) is 8.33. The van der Waals surface area contributed by atoms with Gasteiger partial charge in [-0.25, -0.2) is 0 Å². The van der Waals surface area contributed by atoms with Crippen LogP contribution >= 0.6 is 36.6 Å². The van der Waals surface area contributed by atoms with Crippen LogP contribution in [0.5, 0.6) is 0 Å². The van der Waals surface area contributed by atoms with E-state index in [1.165, 1.54) is 10.5 Å². The van der Waals surface area contributed by atoms with E-state index < -0.39 is 0 Å². The van der Waals surface area contributed by atoms with E-state index in [0.717, 1.165) is 0 Å². The quantitative estimate of drug-likeness (QED) is 0.443. The van der Waals surface area contributed by atoms with Crippen LogP contribution in [0.25, 0.3) is 0 Å². The highest BCUT2D eigenvalue weighted by Gasteiger charge is 2.17. The second-order valence-corrected chi connectivity index (χ2v) is 6.89. The van der Waals surface area contributed by atoms with E-state index in [1.807, 2.05) is 6.07 Å². The Labute approximate surface area is 101 Å². The van der Waals surface area contributed by atoms with E-state index in [2.05, 4.69) is 51.6 Å². The minimum Gasteiger partial charge on any atom is -0.125 e. The first-order valence-electron chi connectivity index (χ1n) is 4.41. The highest BCUT2D eigenvalue weighted by Crippen LogP contribution is 2.33. The fraction of sp³-hybridized carbons (Fsp3) is 0.364. The number of rotatable bonds is 1. The van der Waals surface area contributed by atoms with Gasteiger partial charge in [-0.15, -0.1) is 12.6 Å². The van der Waals surface area contributed by atoms with E-state index in [1.54, 1.807) is 11.8 Å². The maximum atomic E-state index is 4.99. The molecule has 0 heterocycles. The van der Waals surface area contributed by atoms with Gasteiger partial charge in [-0.05, 0) is 17.0 Å². The van der Waals surface area contributed by atoms with E-state index in [0.29, 0.717) is 3.53 Å². The Kier molecular flexibility index (Phi) is 4.04. The molecule has 0 spiro atoms. The first kappa shape index (κ1) is 12.1. The van der Waals surface area contributed by atoms with Crippen LogP contribution in [0.1, 0.15) is 26.3 Å². The van der Waals surface area contributed by atoms with Crippen LogP contribution < -0.4 is 0 Å². The lowest BCUT2D eigenvalue weighted by atomic mass is 9.87. The molecule has 0 nitrogen and oxygen atoms in total. The molecular weight excluding hydrogens is 228 g/mol. The summed E-state index contributed by atoms with van der Waals surface area (Å²) in [6.07, 6.45) is 0. The normalized spacial score (nSPS) is 11.4. The van der Waals surface area contributed by atoms with Gasteiger partial charge in [-0.1, -0.05) is 63.0 Å². The van der Waals surface area contributed by atoms with Crippen molar-refractivity contribution in [3.63, 3.8) is 0 Å². The Hall–Kier alpha value is 0.01000. The maximum absolute atomic E-state index is 4.99. The van der Waals surface area contributed by atoms with Gasteiger partial charge < -0.3 is 0 Å². The standard InChI is InChI=1S/C11H14S3/c1-11(2,3)8-6-4-5-7-9(8)14-10(12)13/h4-7H,1-3H3,(H,12,13). The van der Waals surface area contributed by atoms with Crippen molar-refractivity contribution >= 4 is 40.1 Å². The average molecular weight is 242 g/mol. The molecule has 0 fully saturated rings. The molecule has 0 atom stereocenters. The topological polar surface area (TPSA) is 0 Å². The van der Waals surface area contributed by atoms with Crippen molar-refractivity contribution in [3.05, 3.63) is 29.8 Å². The molecule has 76 valence electrons. The first-order valence-corrected chi connectivity index (χ1v) is 6.09. The van der Waals surface area contributed by atoms with Gasteiger partial charge in [0.25, 0.3) is 0 Å². The van der Waals surface area contributed by atoms with E-state index in [-0.39, 0.29) is 5.41 Å². The van der Waals surface area contributed by atoms with Crippen LogP contribution in [0.2, 0.25) is 0 Å². The molecule has 0 unspecified atom stereocenters. The van der Waals surface area contributed by atoms with Gasteiger partial charge in [0.1, 0.15) is 3.53 Å². The van der Waals surface area contributed by atoms with E-state index in [4.69, 9.17) is 12.2 Å². The summed E-state index contributed by atoms with van der Waals surface area (Å²) in [6.45, 7) is 6.61. The average Bonchev–Trinajstić information content (AvgIpc) is 2.01. The minimum atomic E-state index is 0.155. The number of benzene rings is 1. The summed E-state index contributed by atoms with van der Waals surface area (Å²) in [5.41, 5.74) is 1.48. The van der Waals surface area contributed by atoms with Crippen molar-refractivity contribution in [2.45, 2.75) is 31.1 Å². The third kappa shape index (κ3) is 3.30. The van der Waals surface area contributed by atoms with Gasteiger partial charge in [0.2, 0.25) is 0 Å². The van der Waals surface area contributed by atoms with Crippen molar-refractivity contribution in [2.75, 3.05) is 0 Å². The van der Waals surface area contributed by atoms with Crippen LogP contribution in [-0.4, -0.2) is 3.53 Å². The molecule has 0 N–H and O–H groups in total. The molecule has 0 saturated heterocycles. The third-order valence-corrected chi connectivity index (χ3v) is 3.17. The molecule has 14 heavy (non-hydrogen) atoms. The Morgan fingerprint density at radius 3 is 2.36 bits per heavy atom. The molecule has 0 aliphatic heterocycles. The predicted molar refractivity (Wildman–Crippen MR) is 72.6 cm³/mol. The van der Waals surface area contributed by atoms with E-state index in [9.17, 15) is 0 Å². The van der Waals surface area contributed by atoms with Crippen molar-refractivity contribution in [3.8, 4) is 0 Å². The summed E-state index contributed by atoms with van der Waals surface area (Å²) >= 11 is 10.7. The molecule has 0 aliphatic carbocycles. The Morgan fingerprint density at radius 1 is 1.29 bits per heavy atom. The molecule has 0 amide bonds. The summed E-state index contributed by atoms with van der Waals surface area (Å²) in [7, 11) is 0. The zero-order chi connectivity index (χ0) is 10.8. The van der Waals surface area contributed by atoms with Crippen LogP contribution in [0.3, 0.4) is 0 Å². The SMILES string of the molecule is CC(C)(C)c1ccccc1SC(=S)S. The van der Waals surface area contributed by atoms with Gasteiger partial charge in [0, 0.05) is 4.90 Å². The van der Waals surface area contributed by atoms with Gasteiger partial charge in [-0.2, -0.15) is 0 Å². The minimum absolute atomic E-state index is 0.155. The van der Waals surface area contributed by atoms with Crippen molar-refractivity contribution in [1.82, 2.24) is 0 Å². The molecule has 0 aromatic heterocycles. The molecule has 0 bridgehead atoms. The van der Waals surface area contributed by atoms with Crippen LogP contribution in [0.4, 0.5) is 0 Å². The summed E-state index contributed by atoms with van der Waals surface area (Å²) < 4.78 is 0.668. The van der Waals surface area contributed by atoms with Crippen LogP contribution in [-0.2, 0) is 5.41 Å². The van der Waals surface area contributed by atoms with Gasteiger partial charge >= 0.3 is 0 Å². The largest absolute Gasteiger partial charge is 0.125 e. The molecule has 0 radical (unpaired) electrons. The van der Waals surface area contributed by atoms with Crippen molar-refractivity contribution in [1.29, 1.82) is 0 Å². The van der Waals surface area contributed by atoms with Gasteiger partial charge in [0.05, 0.1) is 0 Å². The number of thioether (sulfide) groups is 1. The molecule has 0 saturated carbocycles. The lowest BCUT2D eigenvalue weighted by Gasteiger charge is -2.22. The predicted octanol–water partition coefficient (Wildman–Crippen LogP) is 4.29. The number of thiocarbonyl (C=S) groups is 1. The molecule has 3 heteroatoms. The molecule has 0 aliphatic rings.